The van der Waals surface area contributed by atoms with Gasteiger partial charge in [0.1, 0.15) is 0 Å². The van der Waals surface area contributed by atoms with E-state index in [0.717, 1.165) is 0 Å². The first-order valence-electron chi connectivity index (χ1n) is 1.72. The van der Waals surface area contributed by atoms with Crippen molar-refractivity contribution in [3.05, 3.63) is 0 Å². The first-order chi connectivity index (χ1) is 2.00. The van der Waals surface area contributed by atoms with E-state index in [9.17, 15) is 0 Å². The summed E-state index contributed by atoms with van der Waals surface area (Å²) in [4.78, 5) is 0. The van der Waals surface area contributed by atoms with E-state index in [-0.39, 0.29) is 22.1 Å². The van der Waals surface area contributed by atoms with Crippen LogP contribution in [0.4, 0.5) is 4.70 Å². The van der Waals surface area contributed by atoms with Crippen molar-refractivity contribution in [2.75, 3.05) is 0 Å². The molecular formula is C4H11CrFO. The number of aliphatic hydroxyl groups is 1. The zero-order chi connectivity index (χ0) is 4.50. The fourth-order valence-corrected chi connectivity index (χ4v) is 0. The molecule has 0 heterocycles. The van der Waals surface area contributed by atoms with Gasteiger partial charge in [-0.05, 0) is 20.8 Å². The fraction of sp³-hybridized carbons (Fsp3) is 1.00. The molecule has 0 aliphatic carbocycles. The van der Waals surface area contributed by atoms with E-state index < -0.39 is 5.60 Å². The second-order valence-corrected chi connectivity index (χ2v) is 2.17. The van der Waals surface area contributed by atoms with Crippen molar-refractivity contribution in [1.29, 1.82) is 0 Å². The van der Waals surface area contributed by atoms with Crippen LogP contribution in [0, 0.1) is 0 Å². The maximum Gasteiger partial charge on any atom is 0.0563 e. The van der Waals surface area contributed by atoms with E-state index in [4.69, 9.17) is 5.11 Å². The van der Waals surface area contributed by atoms with Gasteiger partial charge in [-0.2, -0.15) is 0 Å². The van der Waals surface area contributed by atoms with Crippen LogP contribution in [0.25, 0.3) is 0 Å². The van der Waals surface area contributed by atoms with Crippen LogP contribution >= 0.6 is 0 Å². The number of hydrogen-bond donors (Lipinski definition) is 1. The van der Waals surface area contributed by atoms with E-state index in [1.54, 1.807) is 20.8 Å². The topological polar surface area (TPSA) is 20.2 Å². The number of halogens is 1. The Kier molecular flexibility index (Phi) is 10.2. The molecule has 3 heteroatoms. The Morgan fingerprint density at radius 3 is 1.14 bits per heavy atom. The summed E-state index contributed by atoms with van der Waals surface area (Å²) in [6.45, 7) is 5.23. The molecule has 0 saturated carbocycles. The van der Waals surface area contributed by atoms with Crippen LogP contribution in [0.2, 0.25) is 0 Å². The summed E-state index contributed by atoms with van der Waals surface area (Å²) in [6.07, 6.45) is 0. The first-order valence-corrected chi connectivity index (χ1v) is 1.72. The van der Waals surface area contributed by atoms with Gasteiger partial charge in [0.15, 0.2) is 0 Å². The van der Waals surface area contributed by atoms with Crippen LogP contribution in [-0.2, 0) is 17.4 Å². The smallest absolute Gasteiger partial charge is 0.0563 e. The van der Waals surface area contributed by atoms with Gasteiger partial charge in [0.25, 0.3) is 0 Å². The molecule has 0 unspecified atom stereocenters. The van der Waals surface area contributed by atoms with E-state index in [0.29, 0.717) is 0 Å². The van der Waals surface area contributed by atoms with Crippen LogP contribution in [0.3, 0.4) is 0 Å². The second-order valence-electron chi connectivity index (χ2n) is 2.17. The van der Waals surface area contributed by atoms with Crippen molar-refractivity contribution in [1.82, 2.24) is 0 Å². The Labute approximate surface area is 54.2 Å². The zero-order valence-electron chi connectivity index (χ0n) is 4.76. The predicted molar refractivity (Wildman–Crippen MR) is 24.5 cm³/mol. The fourth-order valence-electron chi connectivity index (χ4n) is 0. The van der Waals surface area contributed by atoms with Gasteiger partial charge >= 0.3 is 0 Å². The van der Waals surface area contributed by atoms with Crippen molar-refractivity contribution in [3.8, 4) is 0 Å². The predicted octanol–water partition coefficient (Wildman–Crippen LogP) is 0.927. The van der Waals surface area contributed by atoms with Crippen molar-refractivity contribution in [3.63, 3.8) is 0 Å². The molecule has 0 radical (unpaired) electrons. The van der Waals surface area contributed by atoms with Gasteiger partial charge in [-0.25, -0.2) is 0 Å². The van der Waals surface area contributed by atoms with Gasteiger partial charge in [-0.15, -0.1) is 0 Å². The van der Waals surface area contributed by atoms with Gasteiger partial charge in [0.2, 0.25) is 0 Å². The molecule has 0 amide bonds. The summed E-state index contributed by atoms with van der Waals surface area (Å²) >= 11 is 0. The molecular weight excluding hydrogens is 135 g/mol. The number of rotatable bonds is 0. The minimum absolute atomic E-state index is 0. The minimum atomic E-state index is -0.500. The Hall–Kier alpha value is 0.422. The summed E-state index contributed by atoms with van der Waals surface area (Å²) in [5, 5.41) is 8.52. The van der Waals surface area contributed by atoms with Crippen molar-refractivity contribution < 1.29 is 27.2 Å². The van der Waals surface area contributed by atoms with E-state index in [1.165, 1.54) is 0 Å². The second kappa shape index (κ2) is 4.58. The van der Waals surface area contributed by atoms with Crippen molar-refractivity contribution >= 4 is 0 Å². The van der Waals surface area contributed by atoms with Crippen LogP contribution in [0.5, 0.6) is 0 Å². The molecule has 0 aromatic heterocycles. The molecule has 0 aliphatic heterocycles. The standard InChI is InChI=1S/C4H10O.Cr.FH/c1-4(2,3)5;;/h5H,1-3H3;;1H. The van der Waals surface area contributed by atoms with Gasteiger partial charge in [-0.1, -0.05) is 0 Å². The molecule has 0 spiro atoms. The molecule has 1 nitrogen and oxygen atoms in total. The average Bonchev–Trinajstić information content (AvgIpc) is 0.722. The largest absolute Gasteiger partial charge is 0.391 e. The Morgan fingerprint density at radius 1 is 1.14 bits per heavy atom. The molecule has 0 rings (SSSR count). The molecule has 0 bridgehead atoms. The van der Waals surface area contributed by atoms with Crippen LogP contribution in [0.1, 0.15) is 20.8 Å². The first kappa shape index (κ1) is 15.7. The van der Waals surface area contributed by atoms with Gasteiger partial charge < -0.3 is 5.11 Å². The van der Waals surface area contributed by atoms with Crippen LogP contribution in [-0.4, -0.2) is 10.7 Å². The third-order valence-corrected chi connectivity index (χ3v) is 0. The average molecular weight is 146 g/mol. The molecule has 46 valence electrons. The monoisotopic (exact) mass is 146 g/mol. The molecule has 0 fully saturated rings. The van der Waals surface area contributed by atoms with E-state index >= 15 is 0 Å². The van der Waals surface area contributed by atoms with E-state index in [1.807, 2.05) is 0 Å². The molecule has 0 atom stereocenters. The minimum Gasteiger partial charge on any atom is -0.391 e. The summed E-state index contributed by atoms with van der Waals surface area (Å²) in [5.41, 5.74) is -0.500. The molecule has 0 aromatic rings. The Bertz CT molecular complexity index is 27.2. The molecule has 0 saturated heterocycles. The van der Waals surface area contributed by atoms with Crippen LogP contribution in [0.15, 0.2) is 0 Å². The van der Waals surface area contributed by atoms with E-state index in [2.05, 4.69) is 0 Å². The third-order valence-electron chi connectivity index (χ3n) is 0. The molecule has 0 aromatic carbocycles. The number of hydrogen-bond acceptors (Lipinski definition) is 1. The molecule has 1 N–H and O–H groups in total. The maximum atomic E-state index is 8.52. The zero-order valence-corrected chi connectivity index (χ0v) is 6.04. The van der Waals surface area contributed by atoms with Gasteiger partial charge in [0.05, 0.1) is 5.60 Å². The normalized spacial score (nSPS) is 8.57. The molecule has 0 aliphatic rings. The van der Waals surface area contributed by atoms with Crippen molar-refractivity contribution in [2.45, 2.75) is 26.4 Å². The molecule has 7 heavy (non-hydrogen) atoms. The third kappa shape index (κ3) is 704. The van der Waals surface area contributed by atoms with Crippen molar-refractivity contribution in [2.24, 2.45) is 0 Å². The quantitative estimate of drug-likeness (QED) is 0.539. The van der Waals surface area contributed by atoms with Crippen LogP contribution < -0.4 is 0 Å². The summed E-state index contributed by atoms with van der Waals surface area (Å²) in [6, 6.07) is 0. The summed E-state index contributed by atoms with van der Waals surface area (Å²) in [5.74, 6) is 0. The summed E-state index contributed by atoms with van der Waals surface area (Å²) < 4.78 is 0. The Morgan fingerprint density at radius 2 is 1.14 bits per heavy atom. The van der Waals surface area contributed by atoms with Gasteiger partial charge in [-0.3, -0.25) is 4.70 Å². The maximum absolute atomic E-state index is 8.52. The Balaban J connectivity index is -0.0000000800. The SMILES string of the molecule is CC(C)(C)O.F.[Cr]. The van der Waals surface area contributed by atoms with Gasteiger partial charge in [0, 0.05) is 17.4 Å². The summed E-state index contributed by atoms with van der Waals surface area (Å²) in [7, 11) is 0.